The van der Waals surface area contributed by atoms with E-state index in [1.807, 2.05) is 18.2 Å². The van der Waals surface area contributed by atoms with E-state index in [9.17, 15) is 0 Å². The first kappa shape index (κ1) is 13.2. The average molecular weight is 251 g/mol. The molecule has 1 aromatic carbocycles. The number of rotatable bonds is 4. The van der Waals surface area contributed by atoms with Crippen molar-refractivity contribution in [3.05, 3.63) is 23.8 Å². The molecule has 2 rings (SSSR count). The van der Waals surface area contributed by atoms with Gasteiger partial charge in [-0.25, -0.2) is 0 Å². The van der Waals surface area contributed by atoms with E-state index in [0.29, 0.717) is 5.92 Å². The molecule has 0 amide bonds. The third kappa shape index (κ3) is 2.31. The van der Waals surface area contributed by atoms with Crippen LogP contribution < -0.4 is 15.2 Å². The van der Waals surface area contributed by atoms with E-state index in [4.69, 9.17) is 19.9 Å². The van der Waals surface area contributed by atoms with Crippen molar-refractivity contribution in [2.75, 3.05) is 20.8 Å². The van der Waals surface area contributed by atoms with Crippen LogP contribution in [0.2, 0.25) is 0 Å². The average Bonchev–Trinajstić information content (AvgIpc) is 2.83. The molecule has 1 heterocycles. The van der Waals surface area contributed by atoms with Gasteiger partial charge < -0.3 is 19.9 Å². The Balaban J connectivity index is 2.36. The van der Waals surface area contributed by atoms with Crippen LogP contribution in [0, 0.1) is 5.92 Å². The van der Waals surface area contributed by atoms with Crippen LogP contribution in [-0.2, 0) is 4.74 Å². The number of hydrogen-bond acceptors (Lipinski definition) is 4. The first-order valence-corrected chi connectivity index (χ1v) is 6.27. The van der Waals surface area contributed by atoms with Gasteiger partial charge in [-0.1, -0.05) is 6.07 Å². The Morgan fingerprint density at radius 2 is 1.89 bits per heavy atom. The van der Waals surface area contributed by atoms with Crippen molar-refractivity contribution in [1.29, 1.82) is 0 Å². The molecule has 3 atom stereocenters. The molecule has 3 unspecified atom stereocenters. The van der Waals surface area contributed by atoms with Gasteiger partial charge in [0.2, 0.25) is 0 Å². The van der Waals surface area contributed by atoms with E-state index in [-0.39, 0.29) is 12.1 Å². The lowest BCUT2D eigenvalue weighted by atomic mass is 9.88. The van der Waals surface area contributed by atoms with Gasteiger partial charge in [0.15, 0.2) is 0 Å². The molecular weight excluding hydrogens is 230 g/mol. The van der Waals surface area contributed by atoms with Crippen molar-refractivity contribution < 1.29 is 14.2 Å². The quantitative estimate of drug-likeness (QED) is 0.890. The molecule has 0 aromatic heterocycles. The molecule has 100 valence electrons. The van der Waals surface area contributed by atoms with Gasteiger partial charge in [-0.2, -0.15) is 0 Å². The normalized spacial score (nSPS) is 24.9. The highest BCUT2D eigenvalue weighted by atomic mass is 16.5. The van der Waals surface area contributed by atoms with Crippen LogP contribution in [0.15, 0.2) is 18.2 Å². The summed E-state index contributed by atoms with van der Waals surface area (Å²) in [6.45, 7) is 2.84. The van der Waals surface area contributed by atoms with Crippen LogP contribution in [0.1, 0.15) is 24.9 Å². The van der Waals surface area contributed by atoms with E-state index in [1.54, 1.807) is 14.2 Å². The lowest BCUT2D eigenvalue weighted by Gasteiger charge is -2.25. The summed E-state index contributed by atoms with van der Waals surface area (Å²) in [4.78, 5) is 0. The van der Waals surface area contributed by atoms with Crippen LogP contribution in [-0.4, -0.2) is 26.9 Å². The van der Waals surface area contributed by atoms with Crippen molar-refractivity contribution in [2.45, 2.75) is 25.5 Å². The van der Waals surface area contributed by atoms with Crippen molar-refractivity contribution >= 4 is 0 Å². The zero-order valence-corrected chi connectivity index (χ0v) is 11.2. The SMILES string of the molecule is COc1cccc(OC)c1C(N)C1CCOC1C. The standard InChI is InChI=1S/C14H21NO3/c1-9-10(7-8-18-9)14(15)13-11(16-2)5-4-6-12(13)17-3/h4-6,9-10,14H,7-8,15H2,1-3H3. The molecule has 1 saturated heterocycles. The summed E-state index contributed by atoms with van der Waals surface area (Å²) < 4.78 is 16.4. The Hall–Kier alpha value is -1.26. The van der Waals surface area contributed by atoms with E-state index in [1.165, 1.54) is 0 Å². The molecule has 4 nitrogen and oxygen atoms in total. The van der Waals surface area contributed by atoms with E-state index >= 15 is 0 Å². The van der Waals surface area contributed by atoms with Crippen molar-refractivity contribution in [1.82, 2.24) is 0 Å². The fourth-order valence-corrected chi connectivity index (χ4v) is 2.64. The third-order valence-corrected chi connectivity index (χ3v) is 3.70. The molecule has 18 heavy (non-hydrogen) atoms. The van der Waals surface area contributed by atoms with Gasteiger partial charge in [0, 0.05) is 18.6 Å². The summed E-state index contributed by atoms with van der Waals surface area (Å²) >= 11 is 0. The molecule has 0 aliphatic carbocycles. The first-order valence-electron chi connectivity index (χ1n) is 6.27. The van der Waals surface area contributed by atoms with Crippen LogP contribution in [0.5, 0.6) is 11.5 Å². The van der Waals surface area contributed by atoms with Gasteiger partial charge in [0.25, 0.3) is 0 Å². The molecule has 1 fully saturated rings. The summed E-state index contributed by atoms with van der Waals surface area (Å²) in [7, 11) is 3.30. The minimum absolute atomic E-state index is 0.131. The molecular formula is C14H21NO3. The Labute approximate surface area is 108 Å². The van der Waals surface area contributed by atoms with Crippen molar-refractivity contribution in [3.63, 3.8) is 0 Å². The molecule has 4 heteroatoms. The summed E-state index contributed by atoms with van der Waals surface area (Å²) in [6, 6.07) is 5.60. The second-order valence-electron chi connectivity index (χ2n) is 4.63. The van der Waals surface area contributed by atoms with E-state index in [2.05, 4.69) is 6.92 Å². The van der Waals surface area contributed by atoms with Gasteiger partial charge in [0.1, 0.15) is 11.5 Å². The highest BCUT2D eigenvalue weighted by Crippen LogP contribution is 2.40. The Morgan fingerprint density at radius 3 is 2.33 bits per heavy atom. The predicted molar refractivity (Wildman–Crippen MR) is 70.0 cm³/mol. The molecule has 1 aliphatic heterocycles. The van der Waals surface area contributed by atoms with Crippen LogP contribution >= 0.6 is 0 Å². The Morgan fingerprint density at radius 1 is 1.28 bits per heavy atom. The minimum atomic E-state index is -0.131. The smallest absolute Gasteiger partial charge is 0.127 e. The van der Waals surface area contributed by atoms with Crippen molar-refractivity contribution in [3.8, 4) is 11.5 Å². The highest BCUT2D eigenvalue weighted by molar-refractivity contribution is 5.47. The van der Waals surface area contributed by atoms with Gasteiger partial charge in [-0.05, 0) is 25.5 Å². The lowest BCUT2D eigenvalue weighted by Crippen LogP contribution is -2.27. The Kier molecular flexibility index (Phi) is 4.09. The third-order valence-electron chi connectivity index (χ3n) is 3.70. The number of ether oxygens (including phenoxy) is 3. The predicted octanol–water partition coefficient (Wildman–Crippen LogP) is 2.13. The fraction of sp³-hybridized carbons (Fsp3) is 0.571. The first-order chi connectivity index (χ1) is 8.69. The summed E-state index contributed by atoms with van der Waals surface area (Å²) in [5.41, 5.74) is 7.34. The molecule has 2 N–H and O–H groups in total. The van der Waals surface area contributed by atoms with E-state index in [0.717, 1.165) is 30.1 Å². The summed E-state index contributed by atoms with van der Waals surface area (Å²) in [6.07, 6.45) is 1.15. The minimum Gasteiger partial charge on any atom is -0.496 e. The second kappa shape index (κ2) is 5.59. The zero-order valence-electron chi connectivity index (χ0n) is 11.2. The monoisotopic (exact) mass is 251 g/mol. The Bertz CT molecular complexity index is 386. The maximum Gasteiger partial charge on any atom is 0.127 e. The molecule has 0 radical (unpaired) electrons. The number of benzene rings is 1. The van der Waals surface area contributed by atoms with Crippen LogP contribution in [0.25, 0.3) is 0 Å². The van der Waals surface area contributed by atoms with Crippen molar-refractivity contribution in [2.24, 2.45) is 11.7 Å². The van der Waals surface area contributed by atoms with Gasteiger partial charge >= 0.3 is 0 Å². The molecule has 0 saturated carbocycles. The number of nitrogens with two attached hydrogens (primary N) is 1. The molecule has 0 bridgehead atoms. The fourth-order valence-electron chi connectivity index (χ4n) is 2.64. The van der Waals surface area contributed by atoms with Gasteiger partial charge in [-0.15, -0.1) is 0 Å². The zero-order chi connectivity index (χ0) is 13.1. The molecule has 1 aliphatic rings. The van der Waals surface area contributed by atoms with Gasteiger partial charge in [-0.3, -0.25) is 0 Å². The lowest BCUT2D eigenvalue weighted by molar-refractivity contribution is 0.0990. The molecule has 0 spiro atoms. The van der Waals surface area contributed by atoms with Crippen LogP contribution in [0.4, 0.5) is 0 Å². The summed E-state index contributed by atoms with van der Waals surface area (Å²) in [5, 5.41) is 0. The largest absolute Gasteiger partial charge is 0.496 e. The van der Waals surface area contributed by atoms with E-state index < -0.39 is 0 Å². The topological polar surface area (TPSA) is 53.7 Å². The number of hydrogen-bond donors (Lipinski definition) is 1. The second-order valence-corrected chi connectivity index (χ2v) is 4.63. The molecule has 1 aromatic rings. The maximum atomic E-state index is 6.40. The van der Waals surface area contributed by atoms with Gasteiger partial charge in [0.05, 0.1) is 25.9 Å². The van der Waals surface area contributed by atoms with Crippen LogP contribution in [0.3, 0.4) is 0 Å². The maximum absolute atomic E-state index is 6.40. The summed E-state index contributed by atoms with van der Waals surface area (Å²) in [5.74, 6) is 1.86. The highest BCUT2D eigenvalue weighted by Gasteiger charge is 2.33. The number of methoxy groups -OCH3 is 2.